The fraction of sp³-hybridized carbons (Fsp3) is 0.0435. The van der Waals surface area contributed by atoms with Gasteiger partial charge in [-0.05, 0) is 41.5 Å². The van der Waals surface area contributed by atoms with Gasteiger partial charge in [-0.3, -0.25) is 0 Å². The van der Waals surface area contributed by atoms with Crippen LogP contribution in [0.25, 0.3) is 0 Å². The summed E-state index contributed by atoms with van der Waals surface area (Å²) in [6.45, 7) is 12.8. The van der Waals surface area contributed by atoms with E-state index in [9.17, 15) is 0 Å². The summed E-state index contributed by atoms with van der Waals surface area (Å²) in [5.74, 6) is 0. The zero-order valence-electron chi connectivity index (χ0n) is 83.5. The molecule has 22 aromatic carbocycles. The molecule has 0 atom stereocenters. The molecule has 0 saturated heterocycles. The van der Waals surface area contributed by atoms with Gasteiger partial charge < -0.3 is 0 Å². The van der Waals surface area contributed by atoms with Crippen molar-refractivity contribution in [3.05, 3.63) is 676 Å². The fourth-order valence-corrected chi connectivity index (χ4v) is 23.0. The summed E-state index contributed by atoms with van der Waals surface area (Å²) >= 11 is 0. The van der Waals surface area contributed by atoms with Crippen LogP contribution in [-0.2, 0) is 18.6 Å². The van der Waals surface area contributed by atoms with Gasteiger partial charge in [0.2, 0.25) is 0 Å². The Morgan fingerprint density at radius 2 is 0.132 bits per heavy atom. The Labute approximate surface area is 869 Å². The molecule has 701 valence electrons. The predicted molar refractivity (Wildman–Crippen MR) is 632 cm³/mol. The van der Waals surface area contributed by atoms with E-state index in [1.165, 1.54) is 143 Å². The summed E-state index contributed by atoms with van der Waals surface area (Å²) in [6.07, 6.45) is -6.08. The van der Waals surface area contributed by atoms with Crippen LogP contribution in [0, 0.1) is 41.5 Å². The number of hydrogen-bond donors (Lipinski definition) is 0. The molecule has 0 aliphatic rings. The summed E-state index contributed by atoms with van der Waals surface area (Å²) < 4.78 is 0. The van der Waals surface area contributed by atoms with Crippen LogP contribution >= 0.6 is 0 Å². The Kier molecular flexibility index (Phi) is 36.4. The molecule has 22 aromatic rings. The molecule has 144 heavy (non-hydrogen) atoms. The molecule has 0 heterocycles. The standard InChI is InChI=1S/5C24H20B.2C9H12.V/c5*1-5-13-21(14-6-1)25(22-15-7-2-8-16-22,23-17-9-3-10-18-23)24-19-11-4-12-20-24;2*1-7-4-8(2)6-9(3)5-7;/h5*1-20H;2*4-6H,1-3H3;/q5*-1;;;. The minimum atomic E-state index is -1.22. The van der Waals surface area contributed by atoms with Crippen LogP contribution in [0.1, 0.15) is 33.4 Å². The molecule has 0 amide bonds. The summed E-state index contributed by atoms with van der Waals surface area (Å²) in [5, 5.41) is 0. The second-order valence-corrected chi connectivity index (χ2v) is 37.9. The monoisotopic (exact) mass is 1890 g/mol. The van der Waals surface area contributed by atoms with E-state index >= 15 is 0 Å². The molecule has 0 spiro atoms. The van der Waals surface area contributed by atoms with Gasteiger partial charge in [-0.1, -0.05) is 676 Å². The third kappa shape index (κ3) is 23.6. The molecule has 0 bridgehead atoms. The SMILES string of the molecule is Cc1cc(C)cc(C)c1.Cc1cc(C)cc(C)c1.[V].c1ccc([B-](c2ccccc2)(c2ccccc2)c2ccccc2)cc1.c1ccc([B-](c2ccccc2)(c2ccccc2)c2ccccc2)cc1.c1ccc([B-](c2ccccc2)(c2ccccc2)c2ccccc2)cc1.c1ccc([B-](c2ccccc2)(c2ccccc2)c2ccccc2)cc1.c1ccc([B-](c2ccccc2)(c2ccccc2)c2ccccc2)cc1. The maximum absolute atomic E-state index is 2.26. The van der Waals surface area contributed by atoms with Crippen molar-refractivity contribution >= 4 is 140 Å². The molecule has 0 aromatic heterocycles. The predicted octanol–water partition coefficient (Wildman–Crippen LogP) is 20.5. The molecule has 0 fully saturated rings. The van der Waals surface area contributed by atoms with Gasteiger partial charge in [-0.2, -0.15) is 109 Å². The third-order valence-electron chi connectivity index (χ3n) is 28.7. The summed E-state index contributed by atoms with van der Waals surface area (Å²) in [6, 6.07) is 231. The van der Waals surface area contributed by atoms with Crippen molar-refractivity contribution in [1.82, 2.24) is 0 Å². The molecule has 6 heteroatoms. The van der Waals surface area contributed by atoms with Crippen LogP contribution in [0.15, 0.2) is 643 Å². The molecule has 1 radical (unpaired) electrons. The van der Waals surface area contributed by atoms with Crippen LogP contribution in [0.2, 0.25) is 0 Å². The van der Waals surface area contributed by atoms with Crippen LogP contribution in [0.3, 0.4) is 0 Å². The van der Waals surface area contributed by atoms with E-state index in [1.807, 2.05) is 0 Å². The summed E-state index contributed by atoms with van der Waals surface area (Å²) in [4.78, 5) is 0. The number of rotatable bonds is 20. The van der Waals surface area contributed by atoms with Gasteiger partial charge in [0, 0.05) is 18.6 Å². The van der Waals surface area contributed by atoms with Crippen molar-refractivity contribution < 1.29 is 18.6 Å². The first-order valence-electron chi connectivity index (χ1n) is 50.5. The molecule has 0 nitrogen and oxygen atoms in total. The molecule has 22 rings (SSSR count). The maximum atomic E-state index is 2.26. The fourth-order valence-electron chi connectivity index (χ4n) is 23.0. The third-order valence-corrected chi connectivity index (χ3v) is 28.7. The van der Waals surface area contributed by atoms with Crippen molar-refractivity contribution in [3.8, 4) is 0 Å². The van der Waals surface area contributed by atoms with Crippen LogP contribution in [-0.4, -0.2) is 30.7 Å². The second-order valence-electron chi connectivity index (χ2n) is 37.9. The van der Waals surface area contributed by atoms with Gasteiger partial charge in [-0.15, -0.1) is 0 Å². The van der Waals surface area contributed by atoms with E-state index in [0.29, 0.717) is 0 Å². The Morgan fingerprint density at radius 1 is 0.0833 bits per heavy atom. The largest absolute Gasteiger partial charge is 0.195 e. The van der Waals surface area contributed by atoms with Gasteiger partial charge in [0.25, 0.3) is 0 Å². The van der Waals surface area contributed by atoms with Crippen molar-refractivity contribution in [2.24, 2.45) is 0 Å². The van der Waals surface area contributed by atoms with E-state index < -0.39 is 30.7 Å². The van der Waals surface area contributed by atoms with E-state index in [-0.39, 0.29) is 18.6 Å². The molecule has 0 aliphatic heterocycles. The Bertz CT molecular complexity index is 5540. The Hall–Kier alpha value is -16.3. The minimum absolute atomic E-state index is 0. The zero-order valence-corrected chi connectivity index (χ0v) is 84.9. The average Bonchev–Trinajstić information content (AvgIpc) is 0.757. The smallest absolute Gasteiger partial charge is 0.108 e. The first kappa shape index (κ1) is 102. The van der Waals surface area contributed by atoms with Gasteiger partial charge >= 0.3 is 0 Å². The molecule has 0 N–H and O–H groups in total. The van der Waals surface area contributed by atoms with Crippen LogP contribution in [0.5, 0.6) is 0 Å². The number of benzene rings is 22. The summed E-state index contributed by atoms with van der Waals surface area (Å²) in [5.41, 5.74) is 34.9. The van der Waals surface area contributed by atoms with Crippen molar-refractivity contribution in [1.29, 1.82) is 0 Å². The first-order chi connectivity index (χ1) is 70.5. The maximum Gasteiger partial charge on any atom is 0.108 e. The first-order valence-corrected chi connectivity index (χ1v) is 50.5. The Balaban J connectivity index is 0.000000129. The van der Waals surface area contributed by atoms with Crippen molar-refractivity contribution in [2.45, 2.75) is 41.5 Å². The van der Waals surface area contributed by atoms with Crippen LogP contribution in [0.4, 0.5) is 0 Å². The van der Waals surface area contributed by atoms with E-state index in [2.05, 4.69) is 685 Å². The van der Waals surface area contributed by atoms with Gasteiger partial charge in [-0.25, -0.2) is 0 Å². The zero-order chi connectivity index (χ0) is 98.5. The average molecular weight is 1890 g/mol. The topological polar surface area (TPSA) is 0 Å². The number of aryl methyl sites for hydroxylation is 6. The van der Waals surface area contributed by atoms with E-state index in [0.717, 1.165) is 0 Å². The molecule has 0 saturated carbocycles. The second kappa shape index (κ2) is 51.3. The van der Waals surface area contributed by atoms with Gasteiger partial charge in [0.1, 0.15) is 30.7 Å². The van der Waals surface area contributed by atoms with Crippen molar-refractivity contribution in [3.63, 3.8) is 0 Å². The van der Waals surface area contributed by atoms with E-state index in [4.69, 9.17) is 0 Å². The normalized spacial score (nSPS) is 10.9. The molecular weight excluding hydrogens is 1760 g/mol. The van der Waals surface area contributed by atoms with Crippen LogP contribution < -0.4 is 109 Å². The number of hydrogen-bond acceptors (Lipinski definition) is 0. The van der Waals surface area contributed by atoms with Crippen molar-refractivity contribution in [2.75, 3.05) is 0 Å². The molecule has 0 aliphatic carbocycles. The van der Waals surface area contributed by atoms with Gasteiger partial charge in [0.05, 0.1) is 0 Å². The quantitative estimate of drug-likeness (QED) is 0.0667. The Morgan fingerprint density at radius 3 is 0.181 bits per heavy atom. The minimum Gasteiger partial charge on any atom is -0.195 e. The molecular formula is C138H124B5V-5. The van der Waals surface area contributed by atoms with E-state index in [1.54, 1.807) is 0 Å². The summed E-state index contributed by atoms with van der Waals surface area (Å²) in [7, 11) is 0. The van der Waals surface area contributed by atoms with Gasteiger partial charge in [0.15, 0.2) is 0 Å². The molecule has 0 unspecified atom stereocenters.